The van der Waals surface area contributed by atoms with Crippen LogP contribution in [-0.2, 0) is 19.1 Å². The number of thioether (sulfide) groups is 2. The zero-order valence-electron chi connectivity index (χ0n) is 26.3. The summed E-state index contributed by atoms with van der Waals surface area (Å²) in [5.41, 5.74) is 8.99. The van der Waals surface area contributed by atoms with E-state index in [9.17, 15) is 18.4 Å². The van der Waals surface area contributed by atoms with Crippen molar-refractivity contribution >= 4 is 80.9 Å². The van der Waals surface area contributed by atoms with Crippen LogP contribution in [0, 0.1) is 11.6 Å². The Morgan fingerprint density at radius 2 is 1.20 bits per heavy atom. The lowest BCUT2D eigenvalue weighted by Crippen LogP contribution is -2.18. The number of nitrogen functional groups attached to an aromatic ring is 1. The van der Waals surface area contributed by atoms with E-state index in [2.05, 4.69) is 5.32 Å². The Morgan fingerprint density at radius 3 is 1.69 bits per heavy atom. The minimum atomic E-state index is -0.435. The van der Waals surface area contributed by atoms with Crippen LogP contribution in [0.2, 0.25) is 10.0 Å². The third-order valence-corrected chi connectivity index (χ3v) is 9.94. The van der Waals surface area contributed by atoms with Crippen molar-refractivity contribution in [2.24, 2.45) is 0 Å². The van der Waals surface area contributed by atoms with Crippen LogP contribution >= 0.6 is 58.3 Å². The molecule has 0 bridgehead atoms. The van der Waals surface area contributed by atoms with E-state index < -0.39 is 11.1 Å². The number of nitrogens with two attached hydrogens (primary N) is 1. The number of hydrogen-bond donors (Lipinski definition) is 2. The van der Waals surface area contributed by atoms with Crippen molar-refractivity contribution in [3.8, 4) is 22.3 Å². The Kier molecular flexibility index (Phi) is 14.3. The molecule has 0 fully saturated rings. The Hall–Kier alpha value is -3.67. The molecule has 1 amide bonds. The van der Waals surface area contributed by atoms with Gasteiger partial charge in [0.05, 0.1) is 13.2 Å². The summed E-state index contributed by atoms with van der Waals surface area (Å²) in [7, 11) is 0. The fourth-order valence-corrected chi connectivity index (χ4v) is 6.77. The number of nitrogens with one attached hydrogen (secondary N) is 1. The van der Waals surface area contributed by atoms with Crippen molar-refractivity contribution in [2.75, 3.05) is 35.8 Å². The van der Waals surface area contributed by atoms with Gasteiger partial charge in [0.1, 0.15) is 33.0 Å². The molecule has 49 heavy (non-hydrogen) atoms. The first-order valence-electron chi connectivity index (χ1n) is 14.7. The zero-order valence-corrected chi connectivity index (χ0v) is 30.2. The Morgan fingerprint density at radius 1 is 0.714 bits per heavy atom. The molecule has 0 unspecified atom stereocenters. The van der Waals surface area contributed by atoms with Crippen molar-refractivity contribution in [3.05, 3.63) is 128 Å². The molecule has 256 valence electrons. The van der Waals surface area contributed by atoms with Gasteiger partial charge in [0.15, 0.2) is 0 Å². The monoisotopic (exact) mass is 762 g/mol. The van der Waals surface area contributed by atoms with Crippen LogP contribution in [0.3, 0.4) is 0 Å². The largest absolute Gasteiger partial charge is 0.496 e. The highest BCUT2D eigenvalue weighted by Gasteiger charge is 2.21. The number of ether oxygens (including phenoxy) is 2. The zero-order chi connectivity index (χ0) is 35.5. The number of para-hydroxylation sites is 2. The second-order valence-corrected chi connectivity index (χ2v) is 13.7. The fourth-order valence-electron chi connectivity index (χ4n) is 4.60. The predicted molar refractivity (Wildman–Crippen MR) is 200 cm³/mol. The Balaban J connectivity index is 0.000000184. The summed E-state index contributed by atoms with van der Waals surface area (Å²) in [5.74, 6) is 1.75. The molecule has 6 rings (SSSR count). The molecule has 2 aliphatic heterocycles. The van der Waals surface area contributed by atoms with Crippen LogP contribution < -0.4 is 11.1 Å². The predicted octanol–water partition coefficient (Wildman–Crippen LogP) is 10.6. The van der Waals surface area contributed by atoms with Gasteiger partial charge in [-0.05, 0) is 74.0 Å². The molecule has 0 aromatic heterocycles. The summed E-state index contributed by atoms with van der Waals surface area (Å²) in [5, 5.41) is 3.15. The Labute approximate surface area is 307 Å². The third-order valence-electron chi connectivity index (χ3n) is 6.90. The molecule has 4 aromatic rings. The topological polar surface area (TPSA) is 90.7 Å². The number of anilines is 2. The molecule has 4 aromatic carbocycles. The van der Waals surface area contributed by atoms with Gasteiger partial charge in [-0.1, -0.05) is 59.6 Å². The maximum absolute atomic E-state index is 14.2. The number of carbonyl (C=O) groups excluding carboxylic acids is 2. The second kappa shape index (κ2) is 18.4. The maximum atomic E-state index is 14.2. The molecule has 0 saturated heterocycles. The average Bonchev–Trinajstić information content (AvgIpc) is 3.07. The lowest BCUT2D eigenvalue weighted by Gasteiger charge is -2.18. The van der Waals surface area contributed by atoms with Crippen molar-refractivity contribution < 1.29 is 27.8 Å². The van der Waals surface area contributed by atoms with Crippen LogP contribution in [0.5, 0.6) is 0 Å². The lowest BCUT2D eigenvalue weighted by molar-refractivity contribution is -0.112. The van der Waals surface area contributed by atoms with Crippen LogP contribution in [-0.4, -0.2) is 35.9 Å². The first kappa shape index (κ1) is 38.1. The van der Waals surface area contributed by atoms with Crippen LogP contribution in [0.15, 0.2) is 106 Å². The van der Waals surface area contributed by atoms with E-state index in [-0.39, 0.29) is 11.7 Å². The number of allylic oxidation sites excluding steroid dienone is 3. The van der Waals surface area contributed by atoms with Gasteiger partial charge in [-0.15, -0.1) is 23.5 Å². The molecular formula is C36H31Cl3F2N2O4S2. The number of halogens is 5. The van der Waals surface area contributed by atoms with E-state index in [1.165, 1.54) is 35.7 Å². The number of benzene rings is 4. The summed E-state index contributed by atoms with van der Waals surface area (Å²) in [6.45, 7) is 4.79. The molecule has 0 spiro atoms. The number of amides is 1. The highest BCUT2D eigenvalue weighted by atomic mass is 35.5. The van der Waals surface area contributed by atoms with Gasteiger partial charge in [-0.3, -0.25) is 9.59 Å². The molecule has 0 saturated carbocycles. The lowest BCUT2D eigenvalue weighted by atomic mass is 10.0. The number of hydrogen-bond acceptors (Lipinski definition) is 7. The average molecular weight is 764 g/mol. The molecule has 2 heterocycles. The first-order valence-corrected chi connectivity index (χ1v) is 17.8. The normalized spacial score (nSPS) is 13.9. The van der Waals surface area contributed by atoms with Crippen molar-refractivity contribution in [3.63, 3.8) is 0 Å². The molecule has 0 atom stereocenters. The van der Waals surface area contributed by atoms with E-state index >= 15 is 0 Å². The highest BCUT2D eigenvalue weighted by Crippen LogP contribution is 2.34. The van der Waals surface area contributed by atoms with E-state index in [0.717, 1.165) is 11.5 Å². The van der Waals surface area contributed by atoms with Gasteiger partial charge >= 0.3 is 0 Å². The number of rotatable bonds is 5. The quantitative estimate of drug-likeness (QED) is 0.154. The molecule has 2 aliphatic rings. The summed E-state index contributed by atoms with van der Waals surface area (Å²) in [4.78, 5) is 24.2. The second-order valence-electron chi connectivity index (χ2n) is 10.3. The molecule has 6 nitrogen and oxygen atoms in total. The molecule has 0 aliphatic carbocycles. The van der Waals surface area contributed by atoms with Crippen molar-refractivity contribution in [1.29, 1.82) is 0 Å². The summed E-state index contributed by atoms with van der Waals surface area (Å²) >= 11 is 19.6. The van der Waals surface area contributed by atoms with Crippen LogP contribution in [0.4, 0.5) is 20.2 Å². The van der Waals surface area contributed by atoms with Crippen LogP contribution in [0.25, 0.3) is 22.3 Å². The van der Waals surface area contributed by atoms with Crippen LogP contribution in [0.1, 0.15) is 13.8 Å². The van der Waals surface area contributed by atoms with Crippen molar-refractivity contribution in [2.45, 2.75) is 13.8 Å². The van der Waals surface area contributed by atoms with E-state index in [1.54, 1.807) is 74.5 Å². The molecule has 3 N–H and O–H groups in total. The van der Waals surface area contributed by atoms with E-state index in [1.807, 2.05) is 12.1 Å². The minimum Gasteiger partial charge on any atom is -0.496 e. The van der Waals surface area contributed by atoms with Crippen molar-refractivity contribution in [1.82, 2.24) is 0 Å². The van der Waals surface area contributed by atoms with Gasteiger partial charge in [-0.25, -0.2) is 8.78 Å². The summed E-state index contributed by atoms with van der Waals surface area (Å²) < 4.78 is 38.3. The SMILES string of the molecule is CC1=C(C(=O)Cl)SCCO1.CC1=C(C(=O)Nc2ccccc2-c2ccc(Cl)cc2F)SCCO1.Nc1ccccc1-c1ccc(Cl)cc1F. The van der Waals surface area contributed by atoms with Gasteiger partial charge in [0.25, 0.3) is 11.1 Å². The molecule has 13 heteroatoms. The minimum absolute atomic E-state index is 0.251. The van der Waals surface area contributed by atoms with E-state index in [0.29, 0.717) is 78.2 Å². The van der Waals surface area contributed by atoms with E-state index in [4.69, 9.17) is 50.0 Å². The smallest absolute Gasteiger partial charge is 0.265 e. The highest BCUT2D eigenvalue weighted by molar-refractivity contribution is 8.04. The van der Waals surface area contributed by atoms with Gasteiger partial charge in [-0.2, -0.15) is 0 Å². The van der Waals surface area contributed by atoms with Gasteiger partial charge < -0.3 is 20.5 Å². The van der Waals surface area contributed by atoms with Gasteiger partial charge in [0.2, 0.25) is 0 Å². The van der Waals surface area contributed by atoms with Gasteiger partial charge in [0, 0.05) is 55.2 Å². The summed E-state index contributed by atoms with van der Waals surface area (Å²) in [6.07, 6.45) is 0. The first-order chi connectivity index (χ1) is 23.5. The molecule has 0 radical (unpaired) electrons. The summed E-state index contributed by atoms with van der Waals surface area (Å²) in [6, 6.07) is 23.3. The number of carbonyl (C=O) groups is 2. The third kappa shape index (κ3) is 10.7. The standard InChI is InChI=1S/C18H15ClFNO2S.C12H9ClFN.C6H7ClO2S/c1-11-17(24-9-8-23-11)18(22)21-16-5-3-2-4-14(16)13-7-6-12(19)10-15(13)20;13-8-5-6-9(11(14)7-8)10-3-1-2-4-12(10)15;1-4-5(6(7)8)10-3-2-9-4/h2-7,10H,8-9H2,1H3,(H,21,22);1-7H,15H2;2-3H2,1H3. The maximum Gasteiger partial charge on any atom is 0.265 e. The Bertz CT molecular complexity index is 1910. The fraction of sp³-hybridized carbons (Fsp3) is 0.167. The molecular weight excluding hydrogens is 733 g/mol.